The summed E-state index contributed by atoms with van der Waals surface area (Å²) in [7, 11) is 1.81. The largest absolute Gasteiger partial charge is 0.476 e. The number of rotatable bonds is 4. The second kappa shape index (κ2) is 5.19. The summed E-state index contributed by atoms with van der Waals surface area (Å²) in [5.74, 6) is -1.47. The second-order valence-corrected chi connectivity index (χ2v) is 4.96. The Labute approximate surface area is 112 Å². The van der Waals surface area contributed by atoms with Gasteiger partial charge in [0.1, 0.15) is 4.88 Å². The number of carboxylic acids is 1. The predicted octanol–water partition coefficient (Wildman–Crippen LogP) is 0.813. The van der Waals surface area contributed by atoms with Gasteiger partial charge in [0.25, 0.3) is 5.91 Å². The van der Waals surface area contributed by atoms with E-state index in [0.717, 1.165) is 22.6 Å². The summed E-state index contributed by atoms with van der Waals surface area (Å²) in [6.45, 7) is 2.20. The molecule has 0 aliphatic heterocycles. The summed E-state index contributed by atoms with van der Waals surface area (Å²) in [6, 6.07) is 0. The Bertz CT molecular complexity index is 632. The fraction of sp³-hybridized carbons (Fsp3) is 0.273. The van der Waals surface area contributed by atoms with Gasteiger partial charge in [-0.2, -0.15) is 5.10 Å². The minimum Gasteiger partial charge on any atom is -0.476 e. The Morgan fingerprint density at radius 2 is 2.26 bits per heavy atom. The maximum Gasteiger partial charge on any atom is 0.365 e. The normalized spacial score (nSPS) is 10.4. The lowest BCUT2D eigenvalue weighted by atomic mass is 10.2. The van der Waals surface area contributed by atoms with E-state index in [0.29, 0.717) is 6.54 Å². The molecule has 0 aliphatic carbocycles. The number of carboxylic acid groups (broad SMARTS) is 1. The molecule has 0 unspecified atom stereocenters. The number of aryl methyl sites for hydroxylation is 2. The first kappa shape index (κ1) is 13.2. The molecular formula is C11H12N4O3S. The molecule has 7 nitrogen and oxygen atoms in total. The Kier molecular flexibility index (Phi) is 3.61. The molecule has 2 aromatic rings. The van der Waals surface area contributed by atoms with Gasteiger partial charge in [-0.1, -0.05) is 0 Å². The lowest BCUT2D eigenvalue weighted by molar-refractivity contribution is 0.0696. The first-order chi connectivity index (χ1) is 8.97. The third-order valence-corrected chi connectivity index (χ3v) is 3.45. The zero-order valence-corrected chi connectivity index (χ0v) is 11.2. The number of aromatic nitrogens is 3. The SMILES string of the molecule is Cc1nn(C)cc1CNC(=O)c1cnc(C(=O)O)s1. The third-order valence-electron chi connectivity index (χ3n) is 2.47. The molecule has 19 heavy (non-hydrogen) atoms. The molecule has 0 radical (unpaired) electrons. The zero-order valence-electron chi connectivity index (χ0n) is 10.4. The highest BCUT2D eigenvalue weighted by Crippen LogP contribution is 2.13. The molecule has 0 fully saturated rings. The van der Waals surface area contributed by atoms with Crippen molar-refractivity contribution in [2.75, 3.05) is 0 Å². The van der Waals surface area contributed by atoms with Gasteiger partial charge in [-0.05, 0) is 6.92 Å². The van der Waals surface area contributed by atoms with E-state index in [1.54, 1.807) is 11.7 Å². The summed E-state index contributed by atoms with van der Waals surface area (Å²) < 4.78 is 1.67. The summed E-state index contributed by atoms with van der Waals surface area (Å²) in [5, 5.41) is 15.5. The van der Waals surface area contributed by atoms with Crippen LogP contribution in [0.1, 0.15) is 30.7 Å². The van der Waals surface area contributed by atoms with Crippen LogP contribution in [-0.2, 0) is 13.6 Å². The zero-order chi connectivity index (χ0) is 14.0. The fourth-order valence-corrected chi connectivity index (χ4v) is 2.23. The number of thiazole rings is 1. The molecule has 2 rings (SSSR count). The van der Waals surface area contributed by atoms with Gasteiger partial charge in [0.15, 0.2) is 0 Å². The summed E-state index contributed by atoms with van der Waals surface area (Å²) in [6.07, 6.45) is 3.09. The standard InChI is InChI=1S/C11H12N4O3S/c1-6-7(5-15(2)14-6)3-12-9(16)8-4-13-10(19-8)11(17)18/h4-5H,3H2,1-2H3,(H,12,16)(H,17,18). The molecule has 0 atom stereocenters. The van der Waals surface area contributed by atoms with Crippen molar-refractivity contribution in [3.05, 3.63) is 33.5 Å². The second-order valence-electron chi connectivity index (χ2n) is 3.93. The van der Waals surface area contributed by atoms with Gasteiger partial charge < -0.3 is 10.4 Å². The van der Waals surface area contributed by atoms with Gasteiger partial charge in [-0.3, -0.25) is 9.48 Å². The van der Waals surface area contributed by atoms with Crippen molar-refractivity contribution >= 4 is 23.2 Å². The molecule has 1 amide bonds. The van der Waals surface area contributed by atoms with Gasteiger partial charge in [-0.15, -0.1) is 11.3 Å². The summed E-state index contributed by atoms with van der Waals surface area (Å²) in [4.78, 5) is 26.4. The molecule has 0 saturated heterocycles. The van der Waals surface area contributed by atoms with Crippen LogP contribution < -0.4 is 5.32 Å². The van der Waals surface area contributed by atoms with Gasteiger partial charge in [0, 0.05) is 25.4 Å². The molecule has 0 saturated carbocycles. The van der Waals surface area contributed by atoms with Gasteiger partial charge in [0.2, 0.25) is 5.01 Å². The maximum absolute atomic E-state index is 11.8. The van der Waals surface area contributed by atoms with Crippen LogP contribution in [0.25, 0.3) is 0 Å². The number of nitrogens with one attached hydrogen (secondary N) is 1. The molecule has 0 aromatic carbocycles. The highest BCUT2D eigenvalue weighted by molar-refractivity contribution is 7.15. The summed E-state index contributed by atoms with van der Waals surface area (Å²) >= 11 is 0.850. The van der Waals surface area contributed by atoms with E-state index in [4.69, 9.17) is 5.11 Å². The molecule has 2 aromatic heterocycles. The van der Waals surface area contributed by atoms with E-state index in [1.807, 2.05) is 13.1 Å². The molecular weight excluding hydrogens is 268 g/mol. The van der Waals surface area contributed by atoms with Crippen molar-refractivity contribution in [2.24, 2.45) is 7.05 Å². The molecule has 100 valence electrons. The smallest absolute Gasteiger partial charge is 0.365 e. The Morgan fingerprint density at radius 3 is 2.79 bits per heavy atom. The van der Waals surface area contributed by atoms with E-state index < -0.39 is 5.97 Å². The Hall–Kier alpha value is -2.22. The molecule has 0 bridgehead atoms. The van der Waals surface area contributed by atoms with Crippen LogP contribution in [0.15, 0.2) is 12.4 Å². The van der Waals surface area contributed by atoms with Gasteiger partial charge >= 0.3 is 5.97 Å². The van der Waals surface area contributed by atoms with Crippen LogP contribution in [0.5, 0.6) is 0 Å². The predicted molar refractivity (Wildman–Crippen MR) is 68.2 cm³/mol. The highest BCUT2D eigenvalue weighted by atomic mass is 32.1. The topological polar surface area (TPSA) is 97.1 Å². The summed E-state index contributed by atoms with van der Waals surface area (Å²) in [5.41, 5.74) is 1.76. The number of hydrogen-bond acceptors (Lipinski definition) is 5. The average molecular weight is 280 g/mol. The van der Waals surface area contributed by atoms with Crippen LogP contribution in [0, 0.1) is 6.92 Å². The first-order valence-corrected chi connectivity index (χ1v) is 6.25. The van der Waals surface area contributed by atoms with Crippen LogP contribution >= 0.6 is 11.3 Å². The number of carbonyl (C=O) groups excluding carboxylic acids is 1. The highest BCUT2D eigenvalue weighted by Gasteiger charge is 2.14. The van der Waals surface area contributed by atoms with Crippen molar-refractivity contribution in [1.82, 2.24) is 20.1 Å². The van der Waals surface area contributed by atoms with Crippen molar-refractivity contribution in [2.45, 2.75) is 13.5 Å². The van der Waals surface area contributed by atoms with Crippen molar-refractivity contribution < 1.29 is 14.7 Å². The maximum atomic E-state index is 11.8. The van der Waals surface area contributed by atoms with Crippen molar-refractivity contribution in [3.63, 3.8) is 0 Å². The average Bonchev–Trinajstić information content (AvgIpc) is 2.93. The first-order valence-electron chi connectivity index (χ1n) is 5.44. The minimum atomic E-state index is -1.13. The number of amides is 1. The van der Waals surface area contributed by atoms with E-state index >= 15 is 0 Å². The quantitative estimate of drug-likeness (QED) is 0.864. The number of carbonyl (C=O) groups is 2. The number of hydrogen-bond donors (Lipinski definition) is 2. The number of nitrogens with zero attached hydrogens (tertiary/aromatic N) is 3. The molecule has 0 spiro atoms. The van der Waals surface area contributed by atoms with Gasteiger partial charge in [0.05, 0.1) is 11.9 Å². The van der Waals surface area contributed by atoms with Gasteiger partial charge in [-0.25, -0.2) is 9.78 Å². The van der Waals surface area contributed by atoms with Crippen LogP contribution in [-0.4, -0.2) is 31.7 Å². The minimum absolute atomic E-state index is 0.0947. The van der Waals surface area contributed by atoms with E-state index in [-0.39, 0.29) is 15.8 Å². The van der Waals surface area contributed by atoms with E-state index in [9.17, 15) is 9.59 Å². The van der Waals surface area contributed by atoms with Crippen molar-refractivity contribution in [3.8, 4) is 0 Å². The molecule has 2 heterocycles. The van der Waals surface area contributed by atoms with Crippen LogP contribution in [0.2, 0.25) is 0 Å². The lowest BCUT2D eigenvalue weighted by Crippen LogP contribution is -2.21. The van der Waals surface area contributed by atoms with Crippen LogP contribution in [0.4, 0.5) is 0 Å². The fourth-order valence-electron chi connectivity index (χ4n) is 1.56. The van der Waals surface area contributed by atoms with E-state index in [2.05, 4.69) is 15.4 Å². The number of aromatic carboxylic acids is 1. The molecule has 2 N–H and O–H groups in total. The van der Waals surface area contributed by atoms with E-state index in [1.165, 1.54) is 6.20 Å². The Balaban J connectivity index is 2.01. The molecule has 8 heteroatoms. The van der Waals surface area contributed by atoms with Crippen LogP contribution in [0.3, 0.4) is 0 Å². The Morgan fingerprint density at radius 1 is 1.53 bits per heavy atom. The lowest BCUT2D eigenvalue weighted by Gasteiger charge is -2.01. The third kappa shape index (κ3) is 2.97. The monoisotopic (exact) mass is 280 g/mol. The molecule has 0 aliphatic rings. The van der Waals surface area contributed by atoms with Crippen molar-refractivity contribution in [1.29, 1.82) is 0 Å².